The molecule has 0 spiro atoms. The molecule has 0 unspecified atom stereocenters. The summed E-state index contributed by atoms with van der Waals surface area (Å²) < 4.78 is 77.0. The van der Waals surface area contributed by atoms with E-state index in [9.17, 15) is 26.3 Å². The zero-order valence-corrected chi connectivity index (χ0v) is 11.7. The summed E-state index contributed by atoms with van der Waals surface area (Å²) in [4.78, 5) is 2.67. The third-order valence-corrected chi connectivity index (χ3v) is 3.20. The van der Waals surface area contributed by atoms with E-state index in [1.807, 2.05) is 0 Å². The number of hydrogen-bond acceptors (Lipinski definition) is 3. The zero-order valence-electron chi connectivity index (χ0n) is 11.7. The van der Waals surface area contributed by atoms with Gasteiger partial charge in [0.2, 0.25) is 0 Å². The van der Waals surface area contributed by atoms with Crippen molar-refractivity contribution in [3.8, 4) is 11.3 Å². The molecule has 2 heterocycles. The van der Waals surface area contributed by atoms with Crippen LogP contribution in [0.25, 0.3) is 22.2 Å². The van der Waals surface area contributed by atoms with Crippen molar-refractivity contribution in [2.24, 2.45) is 0 Å². The largest absolute Gasteiger partial charge is 0.433 e. The van der Waals surface area contributed by atoms with Crippen LogP contribution in [0.5, 0.6) is 0 Å². The normalized spacial score (nSPS) is 12.6. The van der Waals surface area contributed by atoms with Gasteiger partial charge >= 0.3 is 12.4 Å². The van der Waals surface area contributed by atoms with Crippen molar-refractivity contribution in [3.63, 3.8) is 0 Å². The van der Waals surface area contributed by atoms with E-state index in [0.717, 1.165) is 0 Å². The minimum absolute atomic E-state index is 0.105. The Morgan fingerprint density at radius 2 is 1.29 bits per heavy atom. The molecule has 0 atom stereocenters. The number of pyridine rings is 1. The minimum Gasteiger partial charge on any atom is -0.239 e. The lowest BCUT2D eigenvalue weighted by molar-refractivity contribution is -0.150. The molecule has 0 radical (unpaired) electrons. The summed E-state index contributed by atoms with van der Waals surface area (Å²) in [7, 11) is 0. The highest BCUT2D eigenvalue weighted by Gasteiger charge is 2.39. The van der Waals surface area contributed by atoms with E-state index in [4.69, 9.17) is 0 Å². The van der Waals surface area contributed by atoms with Gasteiger partial charge in [-0.25, -0.2) is 4.98 Å². The van der Waals surface area contributed by atoms with Crippen LogP contribution in [-0.4, -0.2) is 15.2 Å². The van der Waals surface area contributed by atoms with Crippen LogP contribution in [0, 0.1) is 0 Å². The van der Waals surface area contributed by atoms with Crippen LogP contribution in [-0.2, 0) is 12.4 Å². The van der Waals surface area contributed by atoms with Gasteiger partial charge in [-0.15, -0.1) is 10.2 Å². The first-order valence-corrected chi connectivity index (χ1v) is 6.54. The second kappa shape index (κ2) is 5.43. The van der Waals surface area contributed by atoms with Crippen molar-refractivity contribution in [1.82, 2.24) is 15.2 Å². The van der Waals surface area contributed by atoms with E-state index in [1.54, 1.807) is 24.3 Å². The molecule has 0 aliphatic rings. The molecule has 0 saturated heterocycles. The Hall–Kier alpha value is -2.71. The fraction of sp³-hybridized carbons (Fsp3) is 0.133. The first-order chi connectivity index (χ1) is 11.1. The highest BCUT2D eigenvalue weighted by Crippen LogP contribution is 2.36. The molecule has 0 aliphatic carbocycles. The van der Waals surface area contributed by atoms with Gasteiger partial charge in [-0.05, 0) is 24.3 Å². The van der Waals surface area contributed by atoms with E-state index >= 15 is 0 Å². The molecule has 2 aromatic heterocycles. The number of nitrogens with zero attached hydrogens (tertiary/aromatic N) is 3. The highest BCUT2D eigenvalue weighted by atomic mass is 19.4. The molecular weight excluding hydrogens is 336 g/mol. The number of aromatic nitrogens is 3. The first kappa shape index (κ1) is 16.2. The van der Waals surface area contributed by atoms with Gasteiger partial charge < -0.3 is 0 Å². The molecule has 9 heteroatoms. The van der Waals surface area contributed by atoms with E-state index in [2.05, 4.69) is 15.2 Å². The Morgan fingerprint density at radius 3 is 1.88 bits per heavy atom. The molecule has 24 heavy (non-hydrogen) atoms. The molecule has 0 saturated carbocycles. The molecule has 3 rings (SSSR count). The topological polar surface area (TPSA) is 38.7 Å². The third kappa shape index (κ3) is 3.15. The standard InChI is InChI=1S/C15H7F6N3/c16-14(17,18)12-6-9(7-13(22-12)15(19,20)21)11-5-8-3-1-2-4-10(8)23-24-11/h1-7H. The van der Waals surface area contributed by atoms with E-state index in [1.165, 1.54) is 6.07 Å². The number of hydrogen-bond donors (Lipinski definition) is 0. The predicted molar refractivity (Wildman–Crippen MR) is 72.8 cm³/mol. The van der Waals surface area contributed by atoms with Crippen LogP contribution in [0.1, 0.15) is 11.4 Å². The first-order valence-electron chi connectivity index (χ1n) is 6.54. The van der Waals surface area contributed by atoms with Crippen molar-refractivity contribution in [3.05, 3.63) is 53.9 Å². The number of halogens is 6. The van der Waals surface area contributed by atoms with Crippen LogP contribution in [0.3, 0.4) is 0 Å². The minimum atomic E-state index is -5.01. The lowest BCUT2D eigenvalue weighted by Crippen LogP contribution is -2.15. The summed E-state index contributed by atoms with van der Waals surface area (Å²) >= 11 is 0. The maximum absolute atomic E-state index is 12.8. The van der Waals surface area contributed by atoms with Crippen molar-refractivity contribution in [2.45, 2.75) is 12.4 Å². The maximum Gasteiger partial charge on any atom is 0.433 e. The Morgan fingerprint density at radius 1 is 0.708 bits per heavy atom. The summed E-state index contributed by atoms with van der Waals surface area (Å²) in [6.07, 6.45) is -10.0. The lowest BCUT2D eigenvalue weighted by Gasteiger charge is -2.12. The zero-order chi connectivity index (χ0) is 17.5. The predicted octanol–water partition coefficient (Wildman–Crippen LogP) is 4.73. The van der Waals surface area contributed by atoms with Crippen molar-refractivity contribution in [2.75, 3.05) is 0 Å². The van der Waals surface area contributed by atoms with Crippen molar-refractivity contribution < 1.29 is 26.3 Å². The average Bonchev–Trinajstić information content (AvgIpc) is 2.52. The van der Waals surface area contributed by atoms with Crippen LogP contribution in [0.2, 0.25) is 0 Å². The Bertz CT molecular complexity index is 869. The number of benzene rings is 1. The van der Waals surface area contributed by atoms with Crippen LogP contribution in [0.15, 0.2) is 42.5 Å². The second-order valence-electron chi connectivity index (χ2n) is 4.91. The van der Waals surface area contributed by atoms with E-state index in [0.29, 0.717) is 23.0 Å². The second-order valence-corrected chi connectivity index (χ2v) is 4.91. The lowest BCUT2D eigenvalue weighted by atomic mass is 10.1. The molecular formula is C15H7F6N3. The van der Waals surface area contributed by atoms with Crippen LogP contribution >= 0.6 is 0 Å². The number of alkyl halides is 6. The molecule has 0 amide bonds. The van der Waals surface area contributed by atoms with Gasteiger partial charge in [0.05, 0.1) is 11.2 Å². The molecule has 0 aliphatic heterocycles. The summed E-state index contributed by atoms with van der Waals surface area (Å²) in [5.41, 5.74) is -3.26. The molecule has 0 fully saturated rings. The quantitative estimate of drug-likeness (QED) is 0.600. The molecule has 3 nitrogen and oxygen atoms in total. The van der Waals surface area contributed by atoms with Gasteiger partial charge in [-0.1, -0.05) is 18.2 Å². The van der Waals surface area contributed by atoms with Crippen LogP contribution in [0.4, 0.5) is 26.3 Å². The molecule has 0 bridgehead atoms. The van der Waals surface area contributed by atoms with Crippen LogP contribution < -0.4 is 0 Å². The van der Waals surface area contributed by atoms with E-state index in [-0.39, 0.29) is 11.3 Å². The van der Waals surface area contributed by atoms with Gasteiger partial charge in [-0.2, -0.15) is 26.3 Å². The van der Waals surface area contributed by atoms with Crippen molar-refractivity contribution in [1.29, 1.82) is 0 Å². The fourth-order valence-corrected chi connectivity index (χ4v) is 2.09. The maximum atomic E-state index is 12.8. The fourth-order valence-electron chi connectivity index (χ4n) is 2.09. The molecule has 124 valence electrons. The summed E-state index contributed by atoms with van der Waals surface area (Å²) in [6, 6.07) is 9.03. The molecule has 1 aromatic carbocycles. The number of rotatable bonds is 1. The van der Waals surface area contributed by atoms with Gasteiger partial charge in [0.15, 0.2) is 0 Å². The Labute approximate surface area is 131 Å². The van der Waals surface area contributed by atoms with Crippen molar-refractivity contribution >= 4 is 10.9 Å². The van der Waals surface area contributed by atoms with E-state index < -0.39 is 23.7 Å². The Balaban J connectivity index is 2.21. The monoisotopic (exact) mass is 343 g/mol. The average molecular weight is 343 g/mol. The third-order valence-electron chi connectivity index (χ3n) is 3.20. The smallest absolute Gasteiger partial charge is 0.239 e. The Kier molecular flexibility index (Phi) is 3.66. The summed E-state index contributed by atoms with van der Waals surface area (Å²) in [6.45, 7) is 0. The molecule has 3 aromatic rings. The van der Waals surface area contributed by atoms with Gasteiger partial charge in [-0.3, -0.25) is 0 Å². The number of fused-ring (bicyclic) bond motifs is 1. The highest BCUT2D eigenvalue weighted by molar-refractivity contribution is 5.81. The SMILES string of the molecule is FC(F)(F)c1cc(-c2cc3ccccc3nn2)cc(C(F)(F)F)n1. The molecule has 0 N–H and O–H groups in total. The summed E-state index contributed by atoms with van der Waals surface area (Å²) in [5, 5.41) is 8.06. The van der Waals surface area contributed by atoms with Gasteiger partial charge in [0.25, 0.3) is 0 Å². The summed E-state index contributed by atoms with van der Waals surface area (Å²) in [5.74, 6) is 0. The van der Waals surface area contributed by atoms with Gasteiger partial charge in [0, 0.05) is 10.9 Å². The van der Waals surface area contributed by atoms with Gasteiger partial charge in [0.1, 0.15) is 11.4 Å².